The molecule has 0 aliphatic rings. The highest BCUT2D eigenvalue weighted by molar-refractivity contribution is 5.93. The van der Waals surface area contributed by atoms with E-state index in [1.54, 1.807) is 42.7 Å². The van der Waals surface area contributed by atoms with E-state index in [1.807, 2.05) is 42.5 Å². The van der Waals surface area contributed by atoms with Gasteiger partial charge in [-0.3, -0.25) is 0 Å². The molecule has 0 amide bonds. The molecule has 222 valence electrons. The van der Waals surface area contributed by atoms with Crippen molar-refractivity contribution >= 4 is 11.6 Å². The Balaban J connectivity index is 2.40. The van der Waals surface area contributed by atoms with E-state index in [0.717, 1.165) is 22.3 Å². The van der Waals surface area contributed by atoms with Crippen LogP contribution in [0.3, 0.4) is 0 Å². The number of phenols is 3. The number of methoxy groups -OCH3 is 6. The Kier molecular flexibility index (Phi) is 12.2. The first-order valence-electron chi connectivity index (χ1n) is 13.0. The molecule has 0 heterocycles. The Bertz CT molecular complexity index is 1200. The first-order valence-corrected chi connectivity index (χ1v) is 13.0. The van der Waals surface area contributed by atoms with Crippen molar-refractivity contribution in [3.8, 4) is 17.2 Å². The van der Waals surface area contributed by atoms with Crippen LogP contribution in [-0.2, 0) is 68.1 Å². The van der Waals surface area contributed by atoms with Crippen LogP contribution in [0.2, 0.25) is 0 Å². The van der Waals surface area contributed by atoms with E-state index in [0.29, 0.717) is 33.4 Å². The summed E-state index contributed by atoms with van der Waals surface area (Å²) in [6.45, 7) is 1.20. The second-order valence-electron chi connectivity index (χ2n) is 9.63. The maximum absolute atomic E-state index is 10.9. The largest absolute Gasteiger partial charge is 0.507 e. The Labute approximate surface area is 241 Å². The van der Waals surface area contributed by atoms with Crippen LogP contribution in [0.5, 0.6) is 17.2 Å². The lowest BCUT2D eigenvalue weighted by Gasteiger charge is -2.18. The second kappa shape index (κ2) is 15.5. The predicted molar refractivity (Wildman–Crippen MR) is 156 cm³/mol. The molecule has 0 unspecified atom stereocenters. The van der Waals surface area contributed by atoms with E-state index in [4.69, 9.17) is 28.4 Å². The second-order valence-corrected chi connectivity index (χ2v) is 9.63. The molecule has 0 saturated heterocycles. The van der Waals surface area contributed by atoms with Crippen molar-refractivity contribution in [2.45, 2.75) is 39.6 Å². The zero-order chi connectivity index (χ0) is 29.9. The molecular weight excluding hydrogens is 528 g/mol. The molecule has 0 aliphatic carbocycles. The molecule has 3 aromatic carbocycles. The van der Waals surface area contributed by atoms with Gasteiger partial charge in [-0.1, -0.05) is 0 Å². The van der Waals surface area contributed by atoms with Gasteiger partial charge in [0.1, 0.15) is 17.2 Å². The van der Waals surface area contributed by atoms with Gasteiger partial charge in [0, 0.05) is 76.0 Å². The molecule has 0 saturated carbocycles. The Morgan fingerprint density at radius 3 is 0.951 bits per heavy atom. The molecule has 3 N–H and O–H groups in total. The molecule has 9 nitrogen and oxygen atoms in total. The van der Waals surface area contributed by atoms with E-state index in [2.05, 4.69) is 0 Å². The molecular formula is C32H40O9. The fraction of sp³-hybridized carbons (Fsp3) is 0.375. The lowest BCUT2D eigenvalue weighted by molar-refractivity contribution is 0.174. The summed E-state index contributed by atoms with van der Waals surface area (Å²) in [5.74, 6) is 0.338. The van der Waals surface area contributed by atoms with E-state index < -0.39 is 0 Å². The third-order valence-electron chi connectivity index (χ3n) is 6.56. The normalized spacial score (nSPS) is 11.2. The molecule has 3 rings (SSSR count). The zero-order valence-corrected chi connectivity index (χ0v) is 24.6. The minimum absolute atomic E-state index is 0.108. The fourth-order valence-corrected chi connectivity index (χ4v) is 4.79. The first kappa shape index (κ1) is 32.1. The molecule has 0 atom stereocenters. The molecule has 0 bridgehead atoms. The molecule has 0 fully saturated rings. The number of phenolic OH excluding ortho intramolecular Hbond substituents is 3. The Morgan fingerprint density at radius 1 is 0.463 bits per heavy atom. The van der Waals surface area contributed by atoms with E-state index >= 15 is 0 Å². The van der Waals surface area contributed by atoms with Gasteiger partial charge in [0.2, 0.25) is 0 Å². The van der Waals surface area contributed by atoms with Gasteiger partial charge in [-0.15, -0.1) is 0 Å². The third kappa shape index (κ3) is 7.85. The summed E-state index contributed by atoms with van der Waals surface area (Å²) < 4.78 is 32.2. The van der Waals surface area contributed by atoms with Gasteiger partial charge in [-0.05, 0) is 64.7 Å². The predicted octanol–water partition coefficient (Wildman–Crippen LogP) is 5.27. The minimum Gasteiger partial charge on any atom is -0.507 e. The van der Waals surface area contributed by atoms with Crippen LogP contribution in [0.1, 0.15) is 50.1 Å². The van der Waals surface area contributed by atoms with Crippen molar-refractivity contribution in [1.29, 1.82) is 0 Å². The number of rotatable bonds is 15. The van der Waals surface area contributed by atoms with E-state index in [1.165, 1.54) is 0 Å². The van der Waals surface area contributed by atoms with Crippen molar-refractivity contribution in [2.75, 3.05) is 42.7 Å². The van der Waals surface area contributed by atoms with Gasteiger partial charge in [-0.25, -0.2) is 0 Å². The maximum atomic E-state index is 10.9. The number of hydrogen-bond acceptors (Lipinski definition) is 9. The molecule has 9 heteroatoms. The summed E-state index contributed by atoms with van der Waals surface area (Å²) in [6.07, 6.45) is 1.98. The number of benzene rings is 3. The highest BCUT2D eigenvalue weighted by Crippen LogP contribution is 2.37. The minimum atomic E-state index is 0.108. The van der Waals surface area contributed by atoms with Crippen LogP contribution in [0.4, 0.5) is 0 Å². The SMILES string of the molecule is COCc1cc(C=C(c2cc(COC)c(O)c(COC)c2)c2cc(COC)c(O)c(COC)c2)cc(COC)c1O. The van der Waals surface area contributed by atoms with Crippen LogP contribution < -0.4 is 0 Å². The summed E-state index contributed by atoms with van der Waals surface area (Å²) in [5.41, 5.74) is 6.77. The number of aromatic hydroxyl groups is 3. The van der Waals surface area contributed by atoms with Gasteiger partial charge < -0.3 is 43.7 Å². The summed E-state index contributed by atoms with van der Waals surface area (Å²) in [4.78, 5) is 0. The van der Waals surface area contributed by atoms with Crippen molar-refractivity contribution in [2.24, 2.45) is 0 Å². The molecule has 3 aromatic rings. The van der Waals surface area contributed by atoms with Gasteiger partial charge in [0.25, 0.3) is 0 Å². The summed E-state index contributed by atoms with van der Waals surface area (Å²) >= 11 is 0. The van der Waals surface area contributed by atoms with Crippen molar-refractivity contribution in [1.82, 2.24) is 0 Å². The van der Waals surface area contributed by atoms with Crippen LogP contribution in [0.15, 0.2) is 36.4 Å². The topological polar surface area (TPSA) is 116 Å². The highest BCUT2D eigenvalue weighted by Gasteiger charge is 2.18. The summed E-state index contributed by atoms with van der Waals surface area (Å²) in [5, 5.41) is 32.6. The fourth-order valence-electron chi connectivity index (χ4n) is 4.79. The average molecular weight is 569 g/mol. The molecule has 0 radical (unpaired) electrons. The lowest BCUT2D eigenvalue weighted by Crippen LogP contribution is -2.02. The highest BCUT2D eigenvalue weighted by atomic mass is 16.5. The quantitative estimate of drug-likeness (QED) is 0.211. The van der Waals surface area contributed by atoms with Gasteiger partial charge >= 0.3 is 0 Å². The third-order valence-corrected chi connectivity index (χ3v) is 6.56. The number of hydrogen-bond donors (Lipinski definition) is 3. The lowest BCUT2D eigenvalue weighted by atomic mass is 9.89. The molecule has 0 aliphatic heterocycles. The average Bonchev–Trinajstić information content (AvgIpc) is 2.95. The van der Waals surface area contributed by atoms with Gasteiger partial charge in [0.15, 0.2) is 0 Å². The van der Waals surface area contributed by atoms with Crippen LogP contribution in [0.25, 0.3) is 11.6 Å². The zero-order valence-electron chi connectivity index (χ0n) is 24.6. The smallest absolute Gasteiger partial charge is 0.126 e. The Hall–Kier alpha value is -3.44. The van der Waals surface area contributed by atoms with E-state index in [-0.39, 0.29) is 56.9 Å². The number of ether oxygens (including phenoxy) is 6. The van der Waals surface area contributed by atoms with Crippen molar-refractivity contribution in [3.05, 3.63) is 86.5 Å². The van der Waals surface area contributed by atoms with Crippen LogP contribution >= 0.6 is 0 Å². The van der Waals surface area contributed by atoms with Crippen LogP contribution in [0, 0.1) is 0 Å². The molecule has 41 heavy (non-hydrogen) atoms. The standard InChI is InChI=1S/C32H40O9/c1-36-14-23-7-20(8-24(15-37-2)30(23)33)9-29(21-10-25(16-38-3)31(34)26(11-21)17-39-4)22-12-27(18-40-5)32(35)28(13-22)19-41-6/h7-13,33-35H,14-19H2,1-6H3. The molecule has 0 spiro atoms. The summed E-state index contributed by atoms with van der Waals surface area (Å²) in [7, 11) is 9.41. The summed E-state index contributed by atoms with van der Waals surface area (Å²) in [6, 6.07) is 11.2. The molecule has 0 aromatic heterocycles. The monoisotopic (exact) mass is 568 g/mol. The van der Waals surface area contributed by atoms with Crippen molar-refractivity contribution < 1.29 is 43.7 Å². The van der Waals surface area contributed by atoms with Gasteiger partial charge in [0.05, 0.1) is 39.6 Å². The van der Waals surface area contributed by atoms with E-state index in [9.17, 15) is 15.3 Å². The first-order chi connectivity index (χ1) is 19.8. The van der Waals surface area contributed by atoms with Gasteiger partial charge in [-0.2, -0.15) is 0 Å². The maximum Gasteiger partial charge on any atom is 0.126 e. The van der Waals surface area contributed by atoms with Crippen LogP contribution in [-0.4, -0.2) is 58.0 Å². The van der Waals surface area contributed by atoms with Crippen molar-refractivity contribution in [3.63, 3.8) is 0 Å². The Morgan fingerprint density at radius 2 is 0.707 bits per heavy atom.